The van der Waals surface area contributed by atoms with Crippen LogP contribution in [-0.2, 0) is 17.8 Å². The molecule has 1 N–H and O–H groups in total. The first-order valence-corrected chi connectivity index (χ1v) is 10.6. The van der Waals surface area contributed by atoms with E-state index in [0.717, 1.165) is 22.2 Å². The van der Waals surface area contributed by atoms with Gasteiger partial charge in [-0.1, -0.05) is 19.9 Å². The Balaban J connectivity index is 1.62. The Morgan fingerprint density at radius 2 is 2.15 bits per heavy atom. The Morgan fingerprint density at radius 1 is 1.27 bits per heavy atom. The summed E-state index contributed by atoms with van der Waals surface area (Å²) in [7, 11) is 0. The van der Waals surface area contributed by atoms with Crippen molar-refractivity contribution in [1.29, 1.82) is 5.26 Å². The summed E-state index contributed by atoms with van der Waals surface area (Å²) in [4.78, 5) is 27.2. The lowest BCUT2D eigenvalue weighted by atomic mass is 9.93. The number of H-pyrrole nitrogens is 1. The van der Waals surface area contributed by atoms with Crippen molar-refractivity contribution in [3.63, 3.8) is 0 Å². The van der Waals surface area contributed by atoms with Gasteiger partial charge in [-0.05, 0) is 30.0 Å². The van der Waals surface area contributed by atoms with E-state index in [4.69, 9.17) is 4.74 Å². The SMILES string of the molecule is CC(C)Cc1nc2[nH]ncc2c(-c2ccc3c(c2)OCC(=O)N3Cc2cnccn2)c1C#N. The van der Waals surface area contributed by atoms with Gasteiger partial charge in [-0.2, -0.15) is 10.4 Å². The van der Waals surface area contributed by atoms with Crippen LogP contribution in [0.2, 0.25) is 0 Å². The third-order valence-electron chi connectivity index (χ3n) is 5.52. The van der Waals surface area contributed by atoms with Gasteiger partial charge in [0.25, 0.3) is 5.91 Å². The smallest absolute Gasteiger partial charge is 0.265 e. The summed E-state index contributed by atoms with van der Waals surface area (Å²) in [6, 6.07) is 7.96. The van der Waals surface area contributed by atoms with Crippen molar-refractivity contribution in [3.05, 3.63) is 59.9 Å². The molecular weight excluding hydrogens is 418 g/mol. The Labute approximate surface area is 190 Å². The van der Waals surface area contributed by atoms with E-state index < -0.39 is 0 Å². The van der Waals surface area contributed by atoms with E-state index in [2.05, 4.69) is 45.1 Å². The molecule has 0 spiro atoms. The molecule has 3 aromatic heterocycles. The number of pyridine rings is 1. The van der Waals surface area contributed by atoms with Crippen molar-refractivity contribution in [3.8, 4) is 22.9 Å². The van der Waals surface area contributed by atoms with E-state index in [1.807, 2.05) is 18.2 Å². The van der Waals surface area contributed by atoms with Gasteiger partial charge in [-0.25, -0.2) is 4.98 Å². The molecule has 9 nitrogen and oxygen atoms in total. The first-order valence-electron chi connectivity index (χ1n) is 10.6. The van der Waals surface area contributed by atoms with Crippen LogP contribution < -0.4 is 9.64 Å². The second-order valence-corrected chi connectivity index (χ2v) is 8.30. The minimum atomic E-state index is -0.154. The fraction of sp³-hybridized carbons (Fsp3) is 0.250. The molecule has 33 heavy (non-hydrogen) atoms. The summed E-state index contributed by atoms with van der Waals surface area (Å²) in [5.41, 5.74) is 4.80. The number of fused-ring (bicyclic) bond motifs is 2. The molecule has 0 saturated carbocycles. The second kappa shape index (κ2) is 8.31. The quantitative estimate of drug-likeness (QED) is 0.506. The molecule has 0 radical (unpaired) electrons. The number of nitriles is 1. The van der Waals surface area contributed by atoms with E-state index in [0.29, 0.717) is 47.2 Å². The van der Waals surface area contributed by atoms with Gasteiger partial charge in [-0.3, -0.25) is 24.8 Å². The Hall–Kier alpha value is -4.32. The van der Waals surface area contributed by atoms with Gasteiger partial charge < -0.3 is 4.74 Å². The lowest BCUT2D eigenvalue weighted by molar-refractivity contribution is -0.121. The molecular formula is C24H21N7O2. The summed E-state index contributed by atoms with van der Waals surface area (Å²) in [5.74, 6) is 0.753. The average Bonchev–Trinajstić information content (AvgIpc) is 3.28. The van der Waals surface area contributed by atoms with E-state index in [1.165, 1.54) is 0 Å². The standard InChI is InChI=1S/C24H21N7O2/c1-14(2)7-19-17(9-25)23(18-11-28-30-24(18)29-19)15-3-4-20-21(8-15)33-13-22(32)31(20)12-16-10-26-5-6-27-16/h3-6,8,10-11,14H,7,12-13H2,1-2H3,(H,28,29,30). The second-order valence-electron chi connectivity index (χ2n) is 8.30. The van der Waals surface area contributed by atoms with Gasteiger partial charge in [0.05, 0.1) is 41.6 Å². The highest BCUT2D eigenvalue weighted by Crippen LogP contribution is 2.40. The first kappa shape index (κ1) is 20.6. The number of carbonyl (C=O) groups excluding carboxylic acids is 1. The molecule has 1 aliphatic rings. The van der Waals surface area contributed by atoms with Crippen molar-refractivity contribution >= 4 is 22.6 Å². The minimum Gasteiger partial charge on any atom is -0.482 e. The Kier molecular flexibility index (Phi) is 5.18. The number of amides is 1. The molecule has 4 aromatic rings. The van der Waals surface area contributed by atoms with Crippen molar-refractivity contribution in [2.24, 2.45) is 5.92 Å². The summed E-state index contributed by atoms with van der Waals surface area (Å²) >= 11 is 0. The lowest BCUT2D eigenvalue weighted by Crippen LogP contribution is -2.38. The zero-order chi connectivity index (χ0) is 22.9. The van der Waals surface area contributed by atoms with Crippen LogP contribution in [0.5, 0.6) is 5.75 Å². The third kappa shape index (κ3) is 3.76. The van der Waals surface area contributed by atoms with Crippen LogP contribution in [-0.4, -0.2) is 37.7 Å². The maximum absolute atomic E-state index is 12.6. The van der Waals surface area contributed by atoms with Gasteiger partial charge in [0.2, 0.25) is 0 Å². The highest BCUT2D eigenvalue weighted by atomic mass is 16.5. The highest BCUT2D eigenvalue weighted by Gasteiger charge is 2.27. The molecule has 1 amide bonds. The summed E-state index contributed by atoms with van der Waals surface area (Å²) < 4.78 is 5.78. The molecule has 4 heterocycles. The Morgan fingerprint density at radius 3 is 2.91 bits per heavy atom. The van der Waals surface area contributed by atoms with Crippen LogP contribution >= 0.6 is 0 Å². The van der Waals surface area contributed by atoms with Gasteiger partial charge in [0, 0.05) is 23.3 Å². The molecule has 1 aromatic carbocycles. The van der Waals surface area contributed by atoms with Crippen LogP contribution in [0.15, 0.2) is 43.0 Å². The van der Waals surface area contributed by atoms with Crippen molar-refractivity contribution in [1.82, 2.24) is 25.1 Å². The van der Waals surface area contributed by atoms with E-state index in [-0.39, 0.29) is 12.5 Å². The number of nitrogens with zero attached hydrogens (tertiary/aromatic N) is 6. The maximum atomic E-state index is 12.6. The third-order valence-corrected chi connectivity index (χ3v) is 5.52. The molecule has 0 fully saturated rings. The summed E-state index contributed by atoms with van der Waals surface area (Å²) in [6.07, 6.45) is 7.19. The largest absolute Gasteiger partial charge is 0.482 e. The molecule has 164 valence electrons. The van der Waals surface area contributed by atoms with Gasteiger partial charge in [0.1, 0.15) is 11.8 Å². The molecule has 1 aliphatic heterocycles. The van der Waals surface area contributed by atoms with E-state index in [1.54, 1.807) is 29.7 Å². The van der Waals surface area contributed by atoms with Crippen LogP contribution in [0.1, 0.15) is 30.8 Å². The average molecular weight is 439 g/mol. The fourth-order valence-corrected chi connectivity index (χ4v) is 4.08. The van der Waals surface area contributed by atoms with Crippen LogP contribution in [0.25, 0.3) is 22.2 Å². The predicted octanol–water partition coefficient (Wildman–Crippen LogP) is 3.41. The summed E-state index contributed by atoms with van der Waals surface area (Å²) in [5, 5.41) is 17.9. The van der Waals surface area contributed by atoms with Crippen LogP contribution in [0.4, 0.5) is 5.69 Å². The number of benzene rings is 1. The zero-order valence-electron chi connectivity index (χ0n) is 18.2. The molecule has 0 unspecified atom stereocenters. The molecule has 0 aliphatic carbocycles. The highest BCUT2D eigenvalue weighted by molar-refractivity contribution is 6.00. The molecule has 9 heteroatoms. The minimum absolute atomic E-state index is 0.0715. The summed E-state index contributed by atoms with van der Waals surface area (Å²) in [6.45, 7) is 4.41. The van der Waals surface area contributed by atoms with Crippen molar-refractivity contribution in [2.75, 3.05) is 11.5 Å². The first-order chi connectivity index (χ1) is 16.0. The van der Waals surface area contributed by atoms with Crippen molar-refractivity contribution in [2.45, 2.75) is 26.8 Å². The zero-order valence-corrected chi connectivity index (χ0v) is 18.2. The molecule has 0 bridgehead atoms. The number of aromatic amines is 1. The van der Waals surface area contributed by atoms with Gasteiger partial charge in [-0.15, -0.1) is 0 Å². The molecule has 0 saturated heterocycles. The number of hydrogen-bond donors (Lipinski definition) is 1. The monoisotopic (exact) mass is 439 g/mol. The molecule has 5 rings (SSSR count). The van der Waals surface area contributed by atoms with Crippen LogP contribution in [0.3, 0.4) is 0 Å². The number of anilines is 1. The van der Waals surface area contributed by atoms with Crippen molar-refractivity contribution < 1.29 is 9.53 Å². The number of ether oxygens (including phenoxy) is 1. The van der Waals surface area contributed by atoms with E-state index in [9.17, 15) is 10.1 Å². The predicted molar refractivity (Wildman–Crippen MR) is 121 cm³/mol. The number of rotatable bonds is 5. The fourth-order valence-electron chi connectivity index (χ4n) is 4.08. The van der Waals surface area contributed by atoms with Gasteiger partial charge in [0.15, 0.2) is 12.3 Å². The maximum Gasteiger partial charge on any atom is 0.265 e. The number of hydrogen-bond acceptors (Lipinski definition) is 7. The van der Waals surface area contributed by atoms with E-state index >= 15 is 0 Å². The topological polar surface area (TPSA) is 121 Å². The Bertz CT molecular complexity index is 1390. The number of carbonyl (C=O) groups is 1. The lowest BCUT2D eigenvalue weighted by Gasteiger charge is -2.29. The normalized spacial score (nSPS) is 13.2. The number of aromatic nitrogens is 5. The van der Waals surface area contributed by atoms with Crippen LogP contribution in [0, 0.1) is 17.2 Å². The van der Waals surface area contributed by atoms with Gasteiger partial charge >= 0.3 is 0 Å². The molecule has 0 atom stereocenters. The number of nitrogens with one attached hydrogen (secondary N) is 1.